The van der Waals surface area contributed by atoms with Gasteiger partial charge in [-0.05, 0) is 50.2 Å². The zero-order valence-corrected chi connectivity index (χ0v) is 16.0. The van der Waals surface area contributed by atoms with E-state index in [0.717, 1.165) is 25.4 Å². The molecule has 4 nitrogen and oxygen atoms in total. The topological polar surface area (TPSA) is 41.6 Å². The summed E-state index contributed by atoms with van der Waals surface area (Å²) in [5.41, 5.74) is 0. The third-order valence-corrected chi connectivity index (χ3v) is 7.16. The van der Waals surface area contributed by atoms with E-state index in [2.05, 4.69) is 28.9 Å². The molecule has 0 radical (unpaired) electrons. The molecule has 0 aromatic heterocycles. The van der Waals surface area contributed by atoms with Crippen LogP contribution in [0.4, 0.5) is 0 Å². The molecule has 1 saturated carbocycles. The van der Waals surface area contributed by atoms with Crippen molar-refractivity contribution in [3.05, 3.63) is 0 Å². The minimum atomic E-state index is 0.0687. The first-order valence-electron chi connectivity index (χ1n) is 9.98. The molecule has 3 unspecified atom stereocenters. The maximum Gasteiger partial charge on any atom is 0.248 e. The Balaban J connectivity index is 1.51. The van der Waals surface area contributed by atoms with Crippen molar-refractivity contribution < 1.29 is 9.53 Å². The van der Waals surface area contributed by atoms with Crippen LogP contribution in [-0.2, 0) is 9.53 Å². The van der Waals surface area contributed by atoms with Gasteiger partial charge in [-0.25, -0.2) is 0 Å². The fourth-order valence-electron chi connectivity index (χ4n) is 4.22. The lowest BCUT2D eigenvalue weighted by atomic mass is 9.94. The number of nitrogens with zero attached hydrogens (tertiary/aromatic N) is 1. The van der Waals surface area contributed by atoms with E-state index in [1.807, 2.05) is 0 Å². The molecule has 0 bridgehead atoms. The predicted octanol–water partition coefficient (Wildman–Crippen LogP) is 3.41. The minimum absolute atomic E-state index is 0.0687. The van der Waals surface area contributed by atoms with Crippen LogP contribution in [0.3, 0.4) is 0 Å². The molecule has 5 heteroatoms. The summed E-state index contributed by atoms with van der Waals surface area (Å²) in [6.45, 7) is 4.45. The molecule has 1 amide bonds. The lowest BCUT2D eigenvalue weighted by Gasteiger charge is -2.36. The molecular weight excluding hydrogens is 320 g/mol. The van der Waals surface area contributed by atoms with E-state index in [1.165, 1.54) is 57.1 Å². The Hall–Kier alpha value is -0.260. The second kappa shape index (κ2) is 9.44. The molecule has 138 valence electrons. The standard InChI is InChI=1S/C19H34N2O2S/c1-15-9-10-18(20-12-15)23-14-19(22)21(13-17-8-5-11-24-17)16-6-3-2-4-7-16/h15-18,20H,2-14H2,1H3. The summed E-state index contributed by atoms with van der Waals surface area (Å²) in [4.78, 5) is 15.1. The molecule has 2 aliphatic heterocycles. The van der Waals surface area contributed by atoms with Gasteiger partial charge in [0.2, 0.25) is 5.91 Å². The van der Waals surface area contributed by atoms with Gasteiger partial charge in [-0.15, -0.1) is 0 Å². The Labute approximate surface area is 151 Å². The highest BCUT2D eigenvalue weighted by molar-refractivity contribution is 8.00. The van der Waals surface area contributed by atoms with Crippen molar-refractivity contribution in [2.45, 2.75) is 82.2 Å². The van der Waals surface area contributed by atoms with Crippen LogP contribution in [0, 0.1) is 5.92 Å². The van der Waals surface area contributed by atoms with E-state index in [9.17, 15) is 4.79 Å². The van der Waals surface area contributed by atoms with Crippen molar-refractivity contribution in [2.75, 3.05) is 25.4 Å². The van der Waals surface area contributed by atoms with Crippen LogP contribution in [0.2, 0.25) is 0 Å². The van der Waals surface area contributed by atoms with Gasteiger partial charge in [-0.3, -0.25) is 10.1 Å². The number of hydrogen-bond acceptors (Lipinski definition) is 4. The highest BCUT2D eigenvalue weighted by Crippen LogP contribution is 2.30. The monoisotopic (exact) mass is 354 g/mol. The van der Waals surface area contributed by atoms with Crippen LogP contribution < -0.4 is 5.32 Å². The maximum absolute atomic E-state index is 12.9. The van der Waals surface area contributed by atoms with E-state index >= 15 is 0 Å². The van der Waals surface area contributed by atoms with Crippen LogP contribution >= 0.6 is 11.8 Å². The SMILES string of the molecule is CC1CCC(OCC(=O)N(CC2CCCS2)C2CCCCC2)NC1. The molecule has 0 aromatic carbocycles. The molecule has 2 saturated heterocycles. The molecule has 3 rings (SSSR count). The van der Waals surface area contributed by atoms with Crippen LogP contribution in [0.5, 0.6) is 0 Å². The smallest absolute Gasteiger partial charge is 0.248 e. The molecule has 1 N–H and O–H groups in total. The minimum Gasteiger partial charge on any atom is -0.354 e. The van der Waals surface area contributed by atoms with Gasteiger partial charge in [0.15, 0.2) is 0 Å². The van der Waals surface area contributed by atoms with Crippen LogP contribution in [0.1, 0.15) is 64.7 Å². The molecule has 0 aromatic rings. The number of rotatable bonds is 6. The summed E-state index contributed by atoms with van der Waals surface area (Å²) in [6.07, 6.45) is 11.1. The maximum atomic E-state index is 12.9. The number of amides is 1. The molecule has 3 aliphatic rings. The Morgan fingerprint density at radius 3 is 2.62 bits per heavy atom. The Kier molecular flexibility index (Phi) is 7.29. The van der Waals surface area contributed by atoms with Gasteiger partial charge in [0.05, 0.1) is 0 Å². The normalized spacial score (nSPS) is 32.0. The number of piperidine rings is 1. The molecule has 1 aliphatic carbocycles. The van der Waals surface area contributed by atoms with Crippen molar-refractivity contribution >= 4 is 17.7 Å². The van der Waals surface area contributed by atoms with E-state index in [4.69, 9.17) is 4.74 Å². The van der Waals surface area contributed by atoms with Gasteiger partial charge in [0.25, 0.3) is 0 Å². The van der Waals surface area contributed by atoms with Gasteiger partial charge in [0, 0.05) is 24.4 Å². The Morgan fingerprint density at radius 2 is 1.96 bits per heavy atom. The van der Waals surface area contributed by atoms with Gasteiger partial charge in [-0.1, -0.05) is 26.2 Å². The van der Waals surface area contributed by atoms with Crippen molar-refractivity contribution in [2.24, 2.45) is 5.92 Å². The number of thioether (sulfide) groups is 1. The summed E-state index contributed by atoms with van der Waals surface area (Å²) >= 11 is 2.05. The zero-order valence-electron chi connectivity index (χ0n) is 15.2. The van der Waals surface area contributed by atoms with Crippen molar-refractivity contribution in [1.82, 2.24) is 10.2 Å². The van der Waals surface area contributed by atoms with E-state index in [0.29, 0.717) is 11.3 Å². The number of nitrogens with one attached hydrogen (secondary N) is 1. The second-order valence-corrected chi connectivity index (χ2v) is 9.27. The third kappa shape index (κ3) is 5.37. The summed E-state index contributed by atoms with van der Waals surface area (Å²) in [5.74, 6) is 2.20. The summed E-state index contributed by atoms with van der Waals surface area (Å²) in [7, 11) is 0. The van der Waals surface area contributed by atoms with Gasteiger partial charge < -0.3 is 9.64 Å². The summed E-state index contributed by atoms with van der Waals surface area (Å²) < 4.78 is 5.92. The quantitative estimate of drug-likeness (QED) is 0.794. The van der Waals surface area contributed by atoms with E-state index in [1.54, 1.807) is 0 Å². The average molecular weight is 355 g/mol. The average Bonchev–Trinajstić information content (AvgIpc) is 3.13. The third-order valence-electron chi connectivity index (χ3n) is 5.78. The molecule has 24 heavy (non-hydrogen) atoms. The van der Waals surface area contributed by atoms with Crippen LogP contribution in [0.15, 0.2) is 0 Å². The van der Waals surface area contributed by atoms with Gasteiger partial charge >= 0.3 is 0 Å². The van der Waals surface area contributed by atoms with Gasteiger partial charge in [0.1, 0.15) is 12.8 Å². The summed E-state index contributed by atoms with van der Waals surface area (Å²) in [5, 5.41) is 4.06. The highest BCUT2D eigenvalue weighted by atomic mass is 32.2. The lowest BCUT2D eigenvalue weighted by Crippen LogP contribution is -2.48. The Bertz CT molecular complexity index is 387. The fraction of sp³-hybridized carbons (Fsp3) is 0.947. The molecule has 2 heterocycles. The Morgan fingerprint density at radius 1 is 1.12 bits per heavy atom. The van der Waals surface area contributed by atoms with Crippen molar-refractivity contribution in [1.29, 1.82) is 0 Å². The first-order valence-corrected chi connectivity index (χ1v) is 11.0. The highest BCUT2D eigenvalue weighted by Gasteiger charge is 2.30. The number of ether oxygens (including phenoxy) is 1. The van der Waals surface area contributed by atoms with E-state index < -0.39 is 0 Å². The van der Waals surface area contributed by atoms with Gasteiger partial charge in [-0.2, -0.15) is 11.8 Å². The lowest BCUT2D eigenvalue weighted by molar-refractivity contribution is -0.142. The number of carbonyl (C=O) groups excluding carboxylic acids is 1. The first kappa shape index (κ1) is 18.5. The largest absolute Gasteiger partial charge is 0.354 e. The number of carbonyl (C=O) groups is 1. The number of hydrogen-bond donors (Lipinski definition) is 1. The predicted molar refractivity (Wildman–Crippen MR) is 100 cm³/mol. The van der Waals surface area contributed by atoms with Crippen LogP contribution in [0.25, 0.3) is 0 Å². The summed E-state index contributed by atoms with van der Waals surface area (Å²) in [6, 6.07) is 0.454. The fourth-order valence-corrected chi connectivity index (χ4v) is 5.49. The molecular formula is C19H34N2O2S. The first-order chi connectivity index (χ1) is 11.7. The second-order valence-electron chi connectivity index (χ2n) is 7.86. The van der Waals surface area contributed by atoms with E-state index in [-0.39, 0.29) is 18.7 Å². The molecule has 0 spiro atoms. The molecule has 3 fully saturated rings. The zero-order chi connectivity index (χ0) is 16.8. The van der Waals surface area contributed by atoms with Crippen molar-refractivity contribution in [3.8, 4) is 0 Å². The molecule has 3 atom stereocenters. The van der Waals surface area contributed by atoms with Crippen molar-refractivity contribution in [3.63, 3.8) is 0 Å². The van der Waals surface area contributed by atoms with Crippen LogP contribution in [-0.4, -0.2) is 53.8 Å².